The molecule has 0 aliphatic rings. The minimum Gasteiger partial charge on any atom is -0.467 e. The number of esters is 1. The number of aromatic nitrogens is 1. The summed E-state index contributed by atoms with van der Waals surface area (Å²) in [7, 11) is 1.24. The summed E-state index contributed by atoms with van der Waals surface area (Å²) in [5.74, 6) is -3.13. The Morgan fingerprint density at radius 3 is 2.40 bits per heavy atom. The molecule has 0 bridgehead atoms. The fourth-order valence-corrected chi connectivity index (χ4v) is 3.25. The van der Waals surface area contributed by atoms with E-state index in [0.717, 1.165) is 12.1 Å². The van der Waals surface area contributed by atoms with Gasteiger partial charge in [-0.1, -0.05) is 25.1 Å². The summed E-state index contributed by atoms with van der Waals surface area (Å²) in [6, 6.07) is 7.58. The maximum atomic E-state index is 13.7. The first kappa shape index (κ1) is 25.3. The molecule has 0 aliphatic heterocycles. The zero-order chi connectivity index (χ0) is 25.7. The molecule has 3 rings (SSSR count). The normalized spacial score (nSPS) is 11.6. The van der Waals surface area contributed by atoms with Gasteiger partial charge >= 0.3 is 12.0 Å². The van der Waals surface area contributed by atoms with Crippen LogP contribution in [-0.4, -0.2) is 36.2 Å². The van der Waals surface area contributed by atoms with E-state index >= 15 is 0 Å². The van der Waals surface area contributed by atoms with E-state index in [9.17, 15) is 23.2 Å². The highest BCUT2D eigenvalue weighted by atomic mass is 19.1. The first-order valence-corrected chi connectivity index (χ1v) is 10.6. The maximum Gasteiger partial charge on any atom is 0.328 e. The van der Waals surface area contributed by atoms with Crippen LogP contribution >= 0.6 is 0 Å². The summed E-state index contributed by atoms with van der Waals surface area (Å²) in [6.07, 6.45) is 0. The molecule has 0 aliphatic carbocycles. The first-order valence-electron chi connectivity index (χ1n) is 10.6. The standard InChI is InChI=1S/C24H24F2N4O5/c1-12(2)21(23(32)34-4)29-22(31)20-11-19(30-35-20)16-7-6-15(9-13(16)3)27-24(33)28-18-8-5-14(25)10-17(18)26/h5-12,21H,1-4H3,(H,29,31)(H2,27,28,33). The van der Waals surface area contributed by atoms with Crippen LogP contribution in [0.15, 0.2) is 47.0 Å². The van der Waals surface area contributed by atoms with E-state index in [1.54, 1.807) is 39.0 Å². The molecule has 9 nitrogen and oxygen atoms in total. The number of ether oxygens (including phenoxy) is 1. The molecule has 0 radical (unpaired) electrons. The van der Waals surface area contributed by atoms with Crippen LogP contribution in [0.3, 0.4) is 0 Å². The van der Waals surface area contributed by atoms with Gasteiger partial charge in [-0.05, 0) is 42.7 Å². The van der Waals surface area contributed by atoms with Gasteiger partial charge in [-0.15, -0.1) is 0 Å². The molecule has 184 valence electrons. The van der Waals surface area contributed by atoms with Gasteiger partial charge < -0.3 is 25.2 Å². The lowest BCUT2D eigenvalue weighted by Crippen LogP contribution is -2.44. The Hall–Kier alpha value is -4.28. The van der Waals surface area contributed by atoms with Crippen molar-refractivity contribution < 1.29 is 32.4 Å². The molecule has 1 aromatic heterocycles. The monoisotopic (exact) mass is 486 g/mol. The van der Waals surface area contributed by atoms with Crippen LogP contribution in [0.25, 0.3) is 11.3 Å². The summed E-state index contributed by atoms with van der Waals surface area (Å²) in [4.78, 5) is 36.6. The second-order valence-corrected chi connectivity index (χ2v) is 8.03. The number of hydrogen-bond donors (Lipinski definition) is 3. The quantitative estimate of drug-likeness (QED) is 0.423. The lowest BCUT2D eigenvalue weighted by molar-refractivity contribution is -0.144. The van der Waals surface area contributed by atoms with Crippen molar-refractivity contribution in [1.29, 1.82) is 0 Å². The fraction of sp³-hybridized carbons (Fsp3) is 0.250. The van der Waals surface area contributed by atoms with Crippen LogP contribution in [0.2, 0.25) is 0 Å². The van der Waals surface area contributed by atoms with Crippen LogP contribution in [0.1, 0.15) is 30.0 Å². The van der Waals surface area contributed by atoms with Gasteiger partial charge in [0.25, 0.3) is 5.91 Å². The zero-order valence-electron chi connectivity index (χ0n) is 19.4. The number of halogens is 2. The number of hydrogen-bond acceptors (Lipinski definition) is 6. The highest BCUT2D eigenvalue weighted by molar-refractivity contribution is 6.00. The van der Waals surface area contributed by atoms with Crippen molar-refractivity contribution in [1.82, 2.24) is 10.5 Å². The Bertz CT molecular complexity index is 1260. The van der Waals surface area contributed by atoms with E-state index in [4.69, 9.17) is 9.26 Å². The van der Waals surface area contributed by atoms with Crippen molar-refractivity contribution in [3.8, 4) is 11.3 Å². The van der Waals surface area contributed by atoms with E-state index < -0.39 is 35.6 Å². The number of rotatable bonds is 7. The lowest BCUT2D eigenvalue weighted by Gasteiger charge is -2.18. The summed E-state index contributed by atoms with van der Waals surface area (Å²) in [5.41, 5.74) is 1.95. The number of nitrogens with zero attached hydrogens (tertiary/aromatic N) is 1. The van der Waals surface area contributed by atoms with E-state index in [1.165, 1.54) is 13.2 Å². The molecular weight excluding hydrogens is 462 g/mol. The Kier molecular flexibility index (Phi) is 7.80. The third kappa shape index (κ3) is 6.19. The Balaban J connectivity index is 1.69. The highest BCUT2D eigenvalue weighted by Gasteiger charge is 2.27. The van der Waals surface area contributed by atoms with Gasteiger partial charge in [0.05, 0.1) is 12.8 Å². The summed E-state index contributed by atoms with van der Waals surface area (Å²) < 4.78 is 36.6. The van der Waals surface area contributed by atoms with Crippen molar-refractivity contribution in [2.45, 2.75) is 26.8 Å². The minimum atomic E-state index is -0.899. The van der Waals surface area contributed by atoms with E-state index in [-0.39, 0.29) is 17.4 Å². The Labute approximate surface area is 199 Å². The largest absolute Gasteiger partial charge is 0.467 e. The van der Waals surface area contributed by atoms with Crippen LogP contribution in [0, 0.1) is 24.5 Å². The van der Waals surface area contributed by atoms with Gasteiger partial charge in [-0.25, -0.2) is 18.4 Å². The molecule has 0 saturated heterocycles. The molecule has 3 amide bonds. The lowest BCUT2D eigenvalue weighted by atomic mass is 10.0. The zero-order valence-corrected chi connectivity index (χ0v) is 19.4. The summed E-state index contributed by atoms with van der Waals surface area (Å²) in [6.45, 7) is 5.30. The van der Waals surface area contributed by atoms with Gasteiger partial charge in [0.15, 0.2) is 0 Å². The molecule has 0 spiro atoms. The summed E-state index contributed by atoms with van der Waals surface area (Å²) in [5, 5.41) is 11.4. The third-order valence-corrected chi connectivity index (χ3v) is 5.08. The van der Waals surface area contributed by atoms with Gasteiger partial charge in [0.1, 0.15) is 23.4 Å². The molecule has 11 heteroatoms. The Morgan fingerprint density at radius 2 is 1.77 bits per heavy atom. The molecule has 1 unspecified atom stereocenters. The van der Waals surface area contributed by atoms with Crippen LogP contribution in [-0.2, 0) is 9.53 Å². The second kappa shape index (κ2) is 10.8. The minimum absolute atomic E-state index is 0.0862. The predicted molar refractivity (Wildman–Crippen MR) is 124 cm³/mol. The third-order valence-electron chi connectivity index (χ3n) is 5.08. The average Bonchev–Trinajstić information content (AvgIpc) is 3.28. The summed E-state index contributed by atoms with van der Waals surface area (Å²) >= 11 is 0. The number of methoxy groups -OCH3 is 1. The topological polar surface area (TPSA) is 123 Å². The van der Waals surface area contributed by atoms with Crippen molar-refractivity contribution in [2.75, 3.05) is 17.7 Å². The molecule has 0 fully saturated rings. The smallest absolute Gasteiger partial charge is 0.328 e. The number of aryl methyl sites for hydroxylation is 1. The van der Waals surface area contributed by atoms with E-state index in [0.29, 0.717) is 28.6 Å². The van der Waals surface area contributed by atoms with Gasteiger partial charge in [0, 0.05) is 23.4 Å². The Morgan fingerprint density at radius 1 is 1.03 bits per heavy atom. The molecule has 3 aromatic rings. The molecule has 0 saturated carbocycles. The maximum absolute atomic E-state index is 13.7. The molecule has 1 heterocycles. The fourth-order valence-electron chi connectivity index (χ4n) is 3.25. The second-order valence-electron chi connectivity index (χ2n) is 8.03. The molecule has 1 atom stereocenters. The average molecular weight is 486 g/mol. The molecule has 35 heavy (non-hydrogen) atoms. The molecule has 3 N–H and O–H groups in total. The highest BCUT2D eigenvalue weighted by Crippen LogP contribution is 2.26. The number of urea groups is 1. The first-order chi connectivity index (χ1) is 16.6. The van der Waals surface area contributed by atoms with E-state index in [2.05, 4.69) is 21.1 Å². The SMILES string of the molecule is COC(=O)C(NC(=O)c1cc(-c2ccc(NC(=O)Nc3ccc(F)cc3F)cc2C)no1)C(C)C. The van der Waals surface area contributed by atoms with Gasteiger partial charge in [-0.3, -0.25) is 4.79 Å². The predicted octanol–water partition coefficient (Wildman–Crippen LogP) is 4.50. The van der Waals surface area contributed by atoms with Crippen LogP contribution in [0.4, 0.5) is 25.0 Å². The van der Waals surface area contributed by atoms with Crippen molar-refractivity contribution in [2.24, 2.45) is 5.92 Å². The van der Waals surface area contributed by atoms with Gasteiger partial charge in [0.2, 0.25) is 5.76 Å². The number of nitrogens with one attached hydrogen (secondary N) is 3. The number of carbonyl (C=O) groups is 3. The van der Waals surface area contributed by atoms with Crippen molar-refractivity contribution >= 4 is 29.3 Å². The van der Waals surface area contributed by atoms with Gasteiger partial charge in [-0.2, -0.15) is 0 Å². The van der Waals surface area contributed by atoms with Crippen LogP contribution < -0.4 is 16.0 Å². The number of anilines is 2. The molecular formula is C24H24F2N4O5. The number of carbonyl (C=O) groups excluding carboxylic acids is 3. The van der Waals surface area contributed by atoms with Crippen molar-refractivity contribution in [3.63, 3.8) is 0 Å². The van der Waals surface area contributed by atoms with E-state index in [1.807, 2.05) is 0 Å². The van der Waals surface area contributed by atoms with Crippen LogP contribution in [0.5, 0.6) is 0 Å². The van der Waals surface area contributed by atoms with Crippen molar-refractivity contribution in [3.05, 3.63) is 65.4 Å². The molecule has 2 aromatic carbocycles. The number of amides is 3. The number of benzene rings is 2.